The molecule has 3 aromatic heterocycles. The Morgan fingerprint density at radius 2 is 2.00 bits per heavy atom. The first-order chi connectivity index (χ1) is 12.3. The first-order valence-corrected chi connectivity index (χ1v) is 8.78. The second-order valence-corrected chi connectivity index (χ2v) is 6.98. The SMILES string of the molecule is CC1CC(Nc2ccccc2)CC1c1nnc2cnc3[nH]ccc3n12. The molecule has 2 N–H and O–H groups in total. The molecule has 1 saturated carbocycles. The summed E-state index contributed by atoms with van der Waals surface area (Å²) in [6.45, 7) is 2.31. The maximum absolute atomic E-state index is 4.53. The highest BCUT2D eigenvalue weighted by molar-refractivity contribution is 5.74. The van der Waals surface area contributed by atoms with E-state index in [-0.39, 0.29) is 0 Å². The quantitative estimate of drug-likeness (QED) is 0.601. The van der Waals surface area contributed by atoms with Crippen molar-refractivity contribution in [1.29, 1.82) is 0 Å². The molecular weight excluding hydrogens is 312 g/mol. The summed E-state index contributed by atoms with van der Waals surface area (Å²) in [5.41, 5.74) is 3.92. The van der Waals surface area contributed by atoms with Crippen molar-refractivity contribution in [2.45, 2.75) is 31.7 Å². The fourth-order valence-corrected chi connectivity index (χ4v) is 4.13. The van der Waals surface area contributed by atoms with E-state index in [1.165, 1.54) is 5.69 Å². The monoisotopic (exact) mass is 332 g/mol. The Hall–Kier alpha value is -2.89. The fourth-order valence-electron chi connectivity index (χ4n) is 4.13. The maximum atomic E-state index is 4.53. The van der Waals surface area contributed by atoms with Gasteiger partial charge in [0, 0.05) is 23.8 Å². The summed E-state index contributed by atoms with van der Waals surface area (Å²) in [7, 11) is 0. The van der Waals surface area contributed by atoms with Crippen molar-refractivity contribution >= 4 is 22.5 Å². The Kier molecular flexibility index (Phi) is 3.23. The molecule has 6 nitrogen and oxygen atoms in total. The molecule has 3 unspecified atom stereocenters. The Balaban J connectivity index is 1.49. The number of hydrogen-bond acceptors (Lipinski definition) is 4. The summed E-state index contributed by atoms with van der Waals surface area (Å²) in [5, 5.41) is 12.6. The van der Waals surface area contributed by atoms with Crippen molar-refractivity contribution in [1.82, 2.24) is 24.6 Å². The van der Waals surface area contributed by atoms with Crippen LogP contribution in [0.1, 0.15) is 31.5 Å². The van der Waals surface area contributed by atoms with E-state index < -0.39 is 0 Å². The van der Waals surface area contributed by atoms with Gasteiger partial charge in [-0.15, -0.1) is 10.2 Å². The van der Waals surface area contributed by atoms with E-state index in [1.807, 2.05) is 18.3 Å². The largest absolute Gasteiger partial charge is 0.382 e. The third kappa shape index (κ3) is 2.36. The smallest absolute Gasteiger partial charge is 0.179 e. The summed E-state index contributed by atoms with van der Waals surface area (Å²) in [6, 6.07) is 12.9. The molecule has 0 aliphatic heterocycles. The molecule has 0 amide bonds. The van der Waals surface area contributed by atoms with E-state index >= 15 is 0 Å². The number of anilines is 1. The molecule has 126 valence electrons. The second-order valence-electron chi connectivity index (χ2n) is 6.98. The van der Waals surface area contributed by atoms with E-state index in [0.29, 0.717) is 17.9 Å². The van der Waals surface area contributed by atoms with Gasteiger partial charge in [0.25, 0.3) is 0 Å². The highest BCUT2D eigenvalue weighted by Crippen LogP contribution is 2.40. The molecule has 1 aliphatic carbocycles. The molecule has 0 spiro atoms. The lowest BCUT2D eigenvalue weighted by molar-refractivity contribution is 0.507. The minimum Gasteiger partial charge on any atom is -0.382 e. The summed E-state index contributed by atoms with van der Waals surface area (Å²) in [5.74, 6) is 1.99. The van der Waals surface area contributed by atoms with E-state index in [2.05, 4.69) is 61.1 Å². The van der Waals surface area contributed by atoms with E-state index in [4.69, 9.17) is 0 Å². The molecule has 0 radical (unpaired) electrons. The highest BCUT2D eigenvalue weighted by Gasteiger charge is 2.35. The Labute approximate surface area is 145 Å². The third-order valence-corrected chi connectivity index (χ3v) is 5.32. The standard InChI is InChI=1S/C19H20N6/c1-12-9-14(22-13-5-3-2-4-6-13)10-15(12)19-24-23-17-11-21-18-16(25(17)19)7-8-20-18/h2-8,11-12,14-15,20,22H,9-10H2,1H3. The molecule has 3 atom stereocenters. The molecule has 1 fully saturated rings. The van der Waals surface area contributed by atoms with Gasteiger partial charge in [-0.3, -0.25) is 4.40 Å². The zero-order valence-corrected chi connectivity index (χ0v) is 14.1. The molecule has 4 aromatic rings. The van der Waals surface area contributed by atoms with Gasteiger partial charge >= 0.3 is 0 Å². The number of fused-ring (bicyclic) bond motifs is 3. The van der Waals surface area contributed by atoms with Gasteiger partial charge in [-0.2, -0.15) is 0 Å². The molecule has 0 bridgehead atoms. The van der Waals surface area contributed by atoms with Gasteiger partial charge in [0.15, 0.2) is 11.3 Å². The summed E-state index contributed by atoms with van der Waals surface area (Å²) >= 11 is 0. The number of H-pyrrole nitrogens is 1. The predicted molar refractivity (Wildman–Crippen MR) is 97.6 cm³/mol. The van der Waals surface area contributed by atoms with Crippen LogP contribution in [-0.2, 0) is 0 Å². The number of nitrogens with one attached hydrogen (secondary N) is 2. The number of para-hydroxylation sites is 1. The topological polar surface area (TPSA) is 70.9 Å². The van der Waals surface area contributed by atoms with Crippen LogP contribution in [-0.4, -0.2) is 30.6 Å². The molecule has 3 heterocycles. The zero-order chi connectivity index (χ0) is 16.8. The average Bonchev–Trinajstić information content (AvgIpc) is 3.32. The Morgan fingerprint density at radius 1 is 1.12 bits per heavy atom. The van der Waals surface area contributed by atoms with E-state index in [1.54, 1.807) is 6.20 Å². The van der Waals surface area contributed by atoms with Crippen LogP contribution >= 0.6 is 0 Å². The normalized spacial score (nSPS) is 23.5. The highest BCUT2D eigenvalue weighted by atomic mass is 15.3. The number of aromatic amines is 1. The molecule has 5 rings (SSSR count). The lowest BCUT2D eigenvalue weighted by Gasteiger charge is -2.14. The van der Waals surface area contributed by atoms with Crippen LogP contribution in [0.2, 0.25) is 0 Å². The van der Waals surface area contributed by atoms with Crippen molar-refractivity contribution < 1.29 is 0 Å². The Bertz CT molecular complexity index is 1020. The second kappa shape index (κ2) is 5.58. The van der Waals surface area contributed by atoms with Crippen molar-refractivity contribution in [2.24, 2.45) is 5.92 Å². The average molecular weight is 332 g/mol. The Morgan fingerprint density at radius 3 is 2.88 bits per heavy atom. The van der Waals surface area contributed by atoms with Gasteiger partial charge in [-0.05, 0) is 37.0 Å². The van der Waals surface area contributed by atoms with Crippen LogP contribution in [0.5, 0.6) is 0 Å². The van der Waals surface area contributed by atoms with Crippen LogP contribution < -0.4 is 5.32 Å². The summed E-state index contributed by atoms with van der Waals surface area (Å²) < 4.78 is 2.16. The number of nitrogens with zero attached hydrogens (tertiary/aromatic N) is 4. The van der Waals surface area contributed by atoms with Gasteiger partial charge in [0.1, 0.15) is 5.82 Å². The number of aromatic nitrogens is 5. The maximum Gasteiger partial charge on any atom is 0.179 e. The van der Waals surface area contributed by atoms with Crippen molar-refractivity contribution in [2.75, 3.05) is 5.32 Å². The minimum atomic E-state index is 0.386. The minimum absolute atomic E-state index is 0.386. The molecule has 25 heavy (non-hydrogen) atoms. The van der Waals surface area contributed by atoms with Crippen molar-refractivity contribution in [3.8, 4) is 0 Å². The molecular formula is C19H20N6. The van der Waals surface area contributed by atoms with Crippen molar-refractivity contribution in [3.05, 3.63) is 54.6 Å². The van der Waals surface area contributed by atoms with Gasteiger partial charge in [-0.1, -0.05) is 25.1 Å². The predicted octanol–water partition coefficient (Wildman–Crippen LogP) is 3.60. The van der Waals surface area contributed by atoms with Crippen LogP contribution in [0.15, 0.2) is 48.8 Å². The first kappa shape index (κ1) is 14.5. The molecule has 6 heteroatoms. The summed E-state index contributed by atoms with van der Waals surface area (Å²) in [6.07, 6.45) is 5.90. The van der Waals surface area contributed by atoms with Gasteiger partial charge < -0.3 is 10.3 Å². The lowest BCUT2D eigenvalue weighted by atomic mass is 9.97. The molecule has 1 aliphatic rings. The van der Waals surface area contributed by atoms with Gasteiger partial charge in [-0.25, -0.2) is 4.98 Å². The molecule has 0 saturated heterocycles. The number of rotatable bonds is 3. The first-order valence-electron chi connectivity index (χ1n) is 8.78. The van der Waals surface area contributed by atoms with Gasteiger partial charge in [0.2, 0.25) is 0 Å². The number of hydrogen-bond donors (Lipinski definition) is 2. The third-order valence-electron chi connectivity index (χ3n) is 5.32. The van der Waals surface area contributed by atoms with E-state index in [0.717, 1.165) is 35.5 Å². The van der Waals surface area contributed by atoms with E-state index in [9.17, 15) is 0 Å². The van der Waals surface area contributed by atoms with Crippen LogP contribution in [0.4, 0.5) is 5.69 Å². The molecule has 1 aromatic carbocycles. The van der Waals surface area contributed by atoms with Gasteiger partial charge in [0.05, 0.1) is 11.7 Å². The summed E-state index contributed by atoms with van der Waals surface area (Å²) in [4.78, 5) is 7.58. The van der Waals surface area contributed by atoms with Crippen LogP contribution in [0.3, 0.4) is 0 Å². The number of benzene rings is 1. The fraction of sp³-hybridized carbons (Fsp3) is 0.316. The lowest BCUT2D eigenvalue weighted by Crippen LogP contribution is -2.15. The van der Waals surface area contributed by atoms with Crippen LogP contribution in [0.25, 0.3) is 16.8 Å². The zero-order valence-electron chi connectivity index (χ0n) is 14.1. The van der Waals surface area contributed by atoms with Crippen LogP contribution in [0, 0.1) is 5.92 Å². The van der Waals surface area contributed by atoms with Crippen molar-refractivity contribution in [3.63, 3.8) is 0 Å².